The Kier molecular flexibility index (Phi) is 12.5. The Morgan fingerprint density at radius 2 is 1.73 bits per heavy atom. The fourth-order valence-corrected chi connectivity index (χ4v) is 7.91. The van der Waals surface area contributed by atoms with E-state index >= 15 is 0 Å². The van der Waals surface area contributed by atoms with Gasteiger partial charge in [-0.3, -0.25) is 44.0 Å². The number of carbonyl (C=O) groups excluding carboxylic acids is 6. The molecule has 2 atom stereocenters. The molecule has 0 bridgehead atoms. The first kappa shape index (κ1) is 41.2. The second-order valence-electron chi connectivity index (χ2n) is 14.6. The van der Waals surface area contributed by atoms with Crippen LogP contribution in [-0.2, 0) is 19.2 Å². The molecule has 59 heavy (non-hydrogen) atoms. The molecule has 0 radical (unpaired) electrons. The Labute approximate surface area is 342 Å². The topological polar surface area (TPSA) is 170 Å². The Hall–Kier alpha value is -5.97. The van der Waals surface area contributed by atoms with E-state index in [0.29, 0.717) is 73.1 Å². The molecule has 0 aromatic heterocycles. The van der Waals surface area contributed by atoms with Crippen LogP contribution in [0.15, 0.2) is 59.6 Å². The first-order valence-electron chi connectivity index (χ1n) is 19.4. The van der Waals surface area contributed by atoms with Crippen LogP contribution < -0.4 is 25.6 Å². The van der Waals surface area contributed by atoms with Gasteiger partial charge in [0.1, 0.15) is 23.4 Å². The van der Waals surface area contributed by atoms with Crippen LogP contribution in [0.5, 0.6) is 5.75 Å². The number of benzene rings is 3. The lowest BCUT2D eigenvalue weighted by molar-refractivity contribution is -0.136. The Morgan fingerprint density at radius 1 is 0.932 bits per heavy atom. The molecule has 6 amide bonds. The number of alkyl halides is 2. The molecule has 2 fully saturated rings. The number of anilines is 3. The van der Waals surface area contributed by atoms with Gasteiger partial charge in [-0.25, -0.2) is 13.2 Å². The van der Waals surface area contributed by atoms with E-state index in [-0.39, 0.29) is 47.4 Å². The molecule has 3 aromatic carbocycles. The van der Waals surface area contributed by atoms with Crippen molar-refractivity contribution in [2.45, 2.75) is 69.9 Å². The number of nitrogens with zero attached hydrogens (tertiary/aromatic N) is 4. The van der Waals surface area contributed by atoms with E-state index in [0.717, 1.165) is 17.7 Å². The number of carbonyl (C=O) groups is 6. The summed E-state index contributed by atoms with van der Waals surface area (Å²) in [5.74, 6) is -3.22. The molecule has 4 aliphatic heterocycles. The summed E-state index contributed by atoms with van der Waals surface area (Å²) in [5, 5.41) is 8.43. The summed E-state index contributed by atoms with van der Waals surface area (Å²) in [6, 6.07) is 11.8. The zero-order chi connectivity index (χ0) is 41.8. The number of imide groups is 2. The molecule has 4 heterocycles. The highest BCUT2D eigenvalue weighted by atomic mass is 35.5. The summed E-state index contributed by atoms with van der Waals surface area (Å²) in [6.07, 6.45) is 1.04. The Balaban J connectivity index is 0.844. The second-order valence-corrected chi connectivity index (χ2v) is 15.1. The number of hydrogen-bond acceptors (Lipinski definition) is 9. The number of fused-ring (bicyclic) bond motifs is 3. The summed E-state index contributed by atoms with van der Waals surface area (Å²) in [5.41, 5.74) is 1.58. The van der Waals surface area contributed by atoms with Crippen LogP contribution in [-0.4, -0.2) is 102 Å². The van der Waals surface area contributed by atoms with E-state index in [2.05, 4.69) is 16.0 Å². The minimum absolute atomic E-state index is 0.00665. The first-order chi connectivity index (χ1) is 28.4. The molecule has 3 aromatic rings. The van der Waals surface area contributed by atoms with E-state index in [9.17, 15) is 41.9 Å². The van der Waals surface area contributed by atoms with Gasteiger partial charge in [0.2, 0.25) is 17.7 Å². The van der Waals surface area contributed by atoms with Gasteiger partial charge in [-0.1, -0.05) is 30.5 Å². The minimum Gasteiger partial charge on any atom is -0.483 e. The van der Waals surface area contributed by atoms with Gasteiger partial charge in [0.25, 0.3) is 24.1 Å². The van der Waals surface area contributed by atoms with Crippen molar-refractivity contribution in [1.29, 1.82) is 0 Å². The fraction of sp³-hybridized carbons (Fsp3) is 0.390. The normalized spacial score (nSPS) is 19.3. The number of amides is 6. The maximum absolute atomic E-state index is 14.3. The molecule has 0 spiro atoms. The molecule has 18 heteroatoms. The quantitative estimate of drug-likeness (QED) is 0.146. The Bertz CT molecular complexity index is 2220. The van der Waals surface area contributed by atoms with E-state index in [4.69, 9.17) is 21.3 Å². The van der Waals surface area contributed by atoms with Crippen LogP contribution in [0.2, 0.25) is 5.02 Å². The van der Waals surface area contributed by atoms with E-state index < -0.39 is 61.0 Å². The SMILES string of the molecule is O=C(COc1cccc2c1C(=O)N(C1CCC(=O)NC1=O)C2=O)NCCCCCCC(=O)N1CC[C@H](N=C2Nc3cc(F)ccc3N(CC(F)F)c3ccc(Cl)cc32)C1. The molecule has 310 valence electrons. The zero-order valence-electron chi connectivity index (χ0n) is 31.8. The van der Waals surface area contributed by atoms with Gasteiger partial charge in [-0.05, 0) is 74.2 Å². The molecule has 2 saturated heterocycles. The van der Waals surface area contributed by atoms with Crippen LogP contribution in [0.3, 0.4) is 0 Å². The third-order valence-electron chi connectivity index (χ3n) is 10.6. The number of nitrogens with one attached hydrogen (secondary N) is 3. The predicted octanol–water partition coefficient (Wildman–Crippen LogP) is 5.20. The number of amidine groups is 1. The van der Waals surface area contributed by atoms with Crippen molar-refractivity contribution < 1.29 is 46.7 Å². The predicted molar refractivity (Wildman–Crippen MR) is 211 cm³/mol. The van der Waals surface area contributed by atoms with Gasteiger partial charge in [0.15, 0.2) is 6.61 Å². The van der Waals surface area contributed by atoms with Crippen molar-refractivity contribution in [3.8, 4) is 5.75 Å². The summed E-state index contributed by atoms with van der Waals surface area (Å²) in [6.45, 7) is 0.177. The van der Waals surface area contributed by atoms with Crippen molar-refractivity contribution in [1.82, 2.24) is 20.4 Å². The molecule has 1 unspecified atom stereocenters. The van der Waals surface area contributed by atoms with Gasteiger partial charge in [0, 0.05) is 43.1 Å². The van der Waals surface area contributed by atoms with Crippen molar-refractivity contribution in [2.75, 3.05) is 43.0 Å². The van der Waals surface area contributed by atoms with Gasteiger partial charge >= 0.3 is 0 Å². The van der Waals surface area contributed by atoms with Crippen LogP contribution in [0.4, 0.5) is 30.2 Å². The average molecular weight is 836 g/mol. The third-order valence-corrected chi connectivity index (χ3v) is 10.8. The van der Waals surface area contributed by atoms with Crippen molar-refractivity contribution in [3.63, 3.8) is 0 Å². The monoisotopic (exact) mass is 835 g/mol. The highest BCUT2D eigenvalue weighted by molar-refractivity contribution is 6.31. The molecular weight excluding hydrogens is 795 g/mol. The lowest BCUT2D eigenvalue weighted by Crippen LogP contribution is -2.54. The first-order valence-corrected chi connectivity index (χ1v) is 19.8. The molecule has 0 aliphatic carbocycles. The number of ether oxygens (including phenoxy) is 1. The molecule has 0 saturated carbocycles. The Morgan fingerprint density at radius 3 is 2.53 bits per heavy atom. The number of unbranched alkanes of at least 4 members (excludes halogenated alkanes) is 3. The maximum atomic E-state index is 14.3. The maximum Gasteiger partial charge on any atom is 0.266 e. The van der Waals surface area contributed by atoms with Crippen molar-refractivity contribution in [3.05, 3.63) is 82.1 Å². The standard InChI is InChI=1S/C41H41ClF3N7O7/c42-23-9-11-29-27(18-23)38(48-28-19-24(43)10-12-30(28)51(29)21-33(44)45)47-25-15-17-50(20-25)36(55)8-3-1-2-4-16-46-35(54)22-59-32-7-5-6-26-37(32)41(58)52(40(26)57)31-13-14-34(53)49-39(31)56/h5-7,9-12,18-19,25,31,33H,1-4,8,13-17,20-22H2,(H,46,54)(H,47,48)(H,49,53,56)/t25-,31?/m0/s1. The number of halogens is 4. The highest BCUT2D eigenvalue weighted by Gasteiger charge is 2.46. The van der Waals surface area contributed by atoms with Crippen molar-refractivity contribution in [2.24, 2.45) is 4.99 Å². The zero-order valence-corrected chi connectivity index (χ0v) is 32.5. The number of rotatable bonds is 14. The van der Waals surface area contributed by atoms with Gasteiger partial charge in [0.05, 0.1) is 40.8 Å². The van der Waals surface area contributed by atoms with Gasteiger partial charge < -0.3 is 25.2 Å². The summed E-state index contributed by atoms with van der Waals surface area (Å²) >= 11 is 6.33. The smallest absolute Gasteiger partial charge is 0.266 e. The average Bonchev–Trinajstić information content (AvgIpc) is 3.74. The van der Waals surface area contributed by atoms with Crippen LogP contribution in [0.1, 0.15) is 77.6 Å². The highest BCUT2D eigenvalue weighted by Crippen LogP contribution is 2.40. The second kappa shape index (κ2) is 17.9. The number of hydrogen-bond donors (Lipinski definition) is 3. The largest absolute Gasteiger partial charge is 0.483 e. The number of aliphatic imine (C=N–C) groups is 1. The molecular formula is C41H41ClF3N7O7. The van der Waals surface area contributed by atoms with E-state index in [1.807, 2.05) is 0 Å². The van der Waals surface area contributed by atoms with Crippen LogP contribution in [0.25, 0.3) is 0 Å². The number of piperidine rings is 1. The van der Waals surface area contributed by atoms with Crippen molar-refractivity contribution >= 4 is 69.9 Å². The lowest BCUT2D eigenvalue weighted by Gasteiger charge is -2.27. The molecule has 14 nitrogen and oxygen atoms in total. The summed E-state index contributed by atoms with van der Waals surface area (Å²) in [4.78, 5) is 84.7. The van der Waals surface area contributed by atoms with Gasteiger partial charge in [-0.15, -0.1) is 0 Å². The fourth-order valence-electron chi connectivity index (χ4n) is 7.73. The van der Waals surface area contributed by atoms with Crippen LogP contribution >= 0.6 is 11.6 Å². The third kappa shape index (κ3) is 9.19. The lowest BCUT2D eigenvalue weighted by atomic mass is 10.0. The van der Waals surface area contributed by atoms with Crippen LogP contribution in [0, 0.1) is 5.82 Å². The molecule has 7 rings (SSSR count). The molecule has 3 N–H and O–H groups in total. The van der Waals surface area contributed by atoms with Gasteiger partial charge in [-0.2, -0.15) is 0 Å². The van der Waals surface area contributed by atoms with E-state index in [1.54, 1.807) is 23.1 Å². The minimum atomic E-state index is -2.67. The van der Waals surface area contributed by atoms with E-state index in [1.165, 1.54) is 41.3 Å². The number of likely N-dealkylation sites (tertiary alicyclic amines) is 1. The summed E-state index contributed by atoms with van der Waals surface area (Å²) in [7, 11) is 0. The summed E-state index contributed by atoms with van der Waals surface area (Å²) < 4.78 is 47.5. The molecule has 4 aliphatic rings.